The van der Waals surface area contributed by atoms with Crippen LogP contribution in [-0.4, -0.2) is 39.2 Å². The standard InChI is InChI=1S/C12H17ClN4O3/c1-8-10(17(19)20)11(15-12(13)14-8)16-6-4-2-3-5-9(16)7-18/h9,18H,2-7H2,1H3. The number of rotatable bonds is 3. The largest absolute Gasteiger partial charge is 0.394 e. The highest BCUT2D eigenvalue weighted by Crippen LogP contribution is 2.33. The second kappa shape index (κ2) is 6.32. The maximum atomic E-state index is 11.3. The van der Waals surface area contributed by atoms with Crippen molar-refractivity contribution in [2.45, 2.75) is 38.6 Å². The fourth-order valence-electron chi connectivity index (χ4n) is 2.58. The van der Waals surface area contributed by atoms with E-state index in [4.69, 9.17) is 11.6 Å². The van der Waals surface area contributed by atoms with E-state index >= 15 is 0 Å². The lowest BCUT2D eigenvalue weighted by atomic mass is 10.1. The van der Waals surface area contributed by atoms with E-state index in [1.165, 1.54) is 0 Å². The van der Waals surface area contributed by atoms with E-state index in [1.807, 2.05) is 0 Å². The Kier molecular flexibility index (Phi) is 4.72. The summed E-state index contributed by atoms with van der Waals surface area (Å²) in [7, 11) is 0. The quantitative estimate of drug-likeness (QED) is 0.522. The first-order valence-corrected chi connectivity index (χ1v) is 6.98. The van der Waals surface area contributed by atoms with Crippen LogP contribution in [0.3, 0.4) is 0 Å². The molecule has 1 fully saturated rings. The summed E-state index contributed by atoms with van der Waals surface area (Å²) in [5.74, 6) is 0.216. The van der Waals surface area contributed by atoms with Crippen molar-refractivity contribution >= 4 is 23.1 Å². The minimum Gasteiger partial charge on any atom is -0.394 e. The van der Waals surface area contributed by atoms with Gasteiger partial charge in [-0.15, -0.1) is 0 Å². The maximum Gasteiger partial charge on any atom is 0.332 e. The lowest BCUT2D eigenvalue weighted by Gasteiger charge is -2.29. The van der Waals surface area contributed by atoms with Gasteiger partial charge in [0.15, 0.2) is 0 Å². The van der Waals surface area contributed by atoms with Gasteiger partial charge >= 0.3 is 5.69 Å². The fourth-order valence-corrected chi connectivity index (χ4v) is 2.79. The van der Waals surface area contributed by atoms with Crippen LogP contribution in [0.25, 0.3) is 0 Å². The van der Waals surface area contributed by atoms with Crippen molar-refractivity contribution in [3.63, 3.8) is 0 Å². The average molecular weight is 301 g/mol. The zero-order valence-electron chi connectivity index (χ0n) is 11.3. The molecule has 0 aromatic carbocycles. The van der Waals surface area contributed by atoms with Crippen LogP contribution >= 0.6 is 11.6 Å². The summed E-state index contributed by atoms with van der Waals surface area (Å²) in [6.45, 7) is 2.11. The number of aromatic nitrogens is 2. The van der Waals surface area contributed by atoms with Crippen LogP contribution in [0.1, 0.15) is 31.4 Å². The van der Waals surface area contributed by atoms with Gasteiger partial charge in [0.05, 0.1) is 17.6 Å². The number of aliphatic hydroxyl groups is 1. The number of nitrogens with zero attached hydrogens (tertiary/aromatic N) is 4. The molecule has 0 spiro atoms. The van der Waals surface area contributed by atoms with Crippen LogP contribution in [0.5, 0.6) is 0 Å². The van der Waals surface area contributed by atoms with Gasteiger partial charge in [-0.1, -0.05) is 12.8 Å². The summed E-state index contributed by atoms with van der Waals surface area (Å²) >= 11 is 5.84. The number of hydrogen-bond acceptors (Lipinski definition) is 6. The molecule has 0 radical (unpaired) electrons. The first-order valence-electron chi connectivity index (χ1n) is 6.60. The van der Waals surface area contributed by atoms with E-state index in [0.717, 1.165) is 25.7 Å². The predicted octanol–water partition coefficient (Wildman–Crippen LogP) is 2.09. The first-order chi connectivity index (χ1) is 9.54. The molecule has 110 valence electrons. The Morgan fingerprint density at radius 1 is 1.45 bits per heavy atom. The van der Waals surface area contributed by atoms with E-state index in [1.54, 1.807) is 11.8 Å². The topological polar surface area (TPSA) is 92.4 Å². The molecule has 2 heterocycles. The number of halogens is 1. The Morgan fingerprint density at radius 3 is 2.85 bits per heavy atom. The third-order valence-corrected chi connectivity index (χ3v) is 3.72. The number of aryl methyl sites for hydroxylation is 1. The molecule has 0 bridgehead atoms. The monoisotopic (exact) mass is 300 g/mol. The summed E-state index contributed by atoms with van der Waals surface area (Å²) in [5.41, 5.74) is 0.112. The molecule has 1 aliphatic rings. The Balaban J connectivity index is 2.50. The highest BCUT2D eigenvalue weighted by Gasteiger charge is 2.30. The Hall–Kier alpha value is -1.47. The minimum atomic E-state index is -0.486. The van der Waals surface area contributed by atoms with E-state index in [-0.39, 0.29) is 35.1 Å². The molecular weight excluding hydrogens is 284 g/mol. The summed E-state index contributed by atoms with van der Waals surface area (Å²) in [5, 5.41) is 20.8. The molecule has 1 atom stereocenters. The molecule has 0 amide bonds. The van der Waals surface area contributed by atoms with Gasteiger partial charge < -0.3 is 10.0 Å². The molecule has 1 unspecified atom stereocenters. The molecule has 1 saturated heterocycles. The molecule has 2 rings (SSSR count). The number of aliphatic hydroxyl groups excluding tert-OH is 1. The van der Waals surface area contributed by atoms with Gasteiger partial charge in [0.25, 0.3) is 0 Å². The smallest absolute Gasteiger partial charge is 0.332 e. The van der Waals surface area contributed by atoms with Crippen LogP contribution in [0.4, 0.5) is 11.5 Å². The molecule has 0 saturated carbocycles. The van der Waals surface area contributed by atoms with Gasteiger partial charge in [0.1, 0.15) is 5.69 Å². The van der Waals surface area contributed by atoms with Gasteiger partial charge in [-0.05, 0) is 31.4 Å². The predicted molar refractivity (Wildman–Crippen MR) is 75.1 cm³/mol. The molecule has 0 aliphatic carbocycles. The van der Waals surface area contributed by atoms with Crippen LogP contribution in [-0.2, 0) is 0 Å². The molecule has 1 aliphatic heterocycles. The first kappa shape index (κ1) is 14.9. The Labute approximate surface area is 121 Å². The van der Waals surface area contributed by atoms with Crippen molar-refractivity contribution in [1.82, 2.24) is 9.97 Å². The number of nitro groups is 1. The van der Waals surface area contributed by atoms with Crippen LogP contribution < -0.4 is 4.90 Å². The van der Waals surface area contributed by atoms with Crippen LogP contribution in [0, 0.1) is 17.0 Å². The number of anilines is 1. The van der Waals surface area contributed by atoms with Gasteiger partial charge in [-0.25, -0.2) is 4.98 Å². The van der Waals surface area contributed by atoms with Crippen molar-refractivity contribution in [1.29, 1.82) is 0 Å². The average Bonchev–Trinajstić information content (AvgIpc) is 2.61. The molecule has 20 heavy (non-hydrogen) atoms. The van der Waals surface area contributed by atoms with Crippen molar-refractivity contribution in [3.8, 4) is 0 Å². The molecule has 1 aromatic rings. The zero-order valence-corrected chi connectivity index (χ0v) is 12.0. The molecule has 1 aromatic heterocycles. The highest BCUT2D eigenvalue weighted by molar-refractivity contribution is 6.28. The van der Waals surface area contributed by atoms with Gasteiger partial charge in [-0.2, -0.15) is 4.98 Å². The molecule has 8 heteroatoms. The number of hydrogen-bond donors (Lipinski definition) is 1. The minimum absolute atomic E-state index is 0.0102. The summed E-state index contributed by atoms with van der Waals surface area (Å²) in [6.07, 6.45) is 3.73. The van der Waals surface area contributed by atoms with Crippen LogP contribution in [0.15, 0.2) is 0 Å². The van der Waals surface area contributed by atoms with E-state index in [2.05, 4.69) is 9.97 Å². The lowest BCUT2D eigenvalue weighted by molar-refractivity contribution is -0.385. The Morgan fingerprint density at radius 2 is 2.20 bits per heavy atom. The highest BCUT2D eigenvalue weighted by atomic mass is 35.5. The second-order valence-corrected chi connectivity index (χ2v) is 5.22. The molecular formula is C12H17ClN4O3. The summed E-state index contributed by atoms with van der Waals surface area (Å²) in [4.78, 5) is 20.5. The fraction of sp³-hybridized carbons (Fsp3) is 0.667. The molecule has 1 N–H and O–H groups in total. The Bertz CT molecular complexity index is 512. The zero-order chi connectivity index (χ0) is 14.7. The van der Waals surface area contributed by atoms with Gasteiger partial charge in [0.2, 0.25) is 11.1 Å². The van der Waals surface area contributed by atoms with Gasteiger partial charge in [0, 0.05) is 6.54 Å². The summed E-state index contributed by atoms with van der Waals surface area (Å²) < 4.78 is 0. The third-order valence-electron chi connectivity index (χ3n) is 3.56. The SMILES string of the molecule is Cc1nc(Cl)nc(N2CCCCCC2CO)c1[N+](=O)[O-]. The lowest BCUT2D eigenvalue weighted by Crippen LogP contribution is -2.38. The summed E-state index contributed by atoms with van der Waals surface area (Å²) in [6, 6.07) is -0.165. The van der Waals surface area contributed by atoms with Crippen molar-refractivity contribution in [2.75, 3.05) is 18.1 Å². The maximum absolute atomic E-state index is 11.3. The van der Waals surface area contributed by atoms with Crippen molar-refractivity contribution < 1.29 is 10.0 Å². The van der Waals surface area contributed by atoms with Crippen molar-refractivity contribution in [3.05, 3.63) is 21.1 Å². The van der Waals surface area contributed by atoms with E-state index < -0.39 is 4.92 Å². The molecule has 7 nitrogen and oxygen atoms in total. The van der Waals surface area contributed by atoms with E-state index in [9.17, 15) is 15.2 Å². The second-order valence-electron chi connectivity index (χ2n) is 4.89. The van der Waals surface area contributed by atoms with Crippen molar-refractivity contribution in [2.24, 2.45) is 0 Å². The third kappa shape index (κ3) is 2.99. The van der Waals surface area contributed by atoms with E-state index in [0.29, 0.717) is 6.54 Å². The normalized spacial score (nSPS) is 19.8. The van der Waals surface area contributed by atoms with Gasteiger partial charge in [-0.3, -0.25) is 10.1 Å². The van der Waals surface area contributed by atoms with Crippen LogP contribution in [0.2, 0.25) is 5.28 Å².